The maximum atomic E-state index is 12.9. The van der Waals surface area contributed by atoms with E-state index >= 15 is 0 Å². The molecule has 7 heteroatoms. The van der Waals surface area contributed by atoms with E-state index in [0.717, 1.165) is 5.56 Å². The molecule has 0 aliphatic carbocycles. The quantitative estimate of drug-likeness (QED) is 0.790. The molecule has 0 radical (unpaired) electrons. The highest BCUT2D eigenvalue weighted by molar-refractivity contribution is 7.89. The monoisotopic (exact) mass is 362 g/mol. The van der Waals surface area contributed by atoms with Crippen molar-refractivity contribution in [2.75, 3.05) is 19.7 Å². The molecule has 1 aromatic carbocycles. The smallest absolute Gasteiger partial charge is 0.246 e. The van der Waals surface area contributed by atoms with Crippen LogP contribution in [0.4, 0.5) is 0 Å². The summed E-state index contributed by atoms with van der Waals surface area (Å²) in [4.78, 5) is 4.42. The van der Waals surface area contributed by atoms with Gasteiger partial charge in [0.05, 0.1) is 13.2 Å². The number of benzene rings is 1. The lowest BCUT2D eigenvalue weighted by Crippen LogP contribution is -2.31. The average molecular weight is 362 g/mol. The van der Waals surface area contributed by atoms with Gasteiger partial charge in [0.25, 0.3) is 0 Å². The zero-order valence-corrected chi connectivity index (χ0v) is 15.2. The number of hydrogen-bond acceptors (Lipinski definition) is 5. The molecule has 0 bridgehead atoms. The Hall–Kier alpha value is -2.12. The molecule has 0 N–H and O–H groups in total. The third-order valence-corrected chi connectivity index (χ3v) is 5.95. The van der Waals surface area contributed by atoms with Gasteiger partial charge in [-0.15, -0.1) is 0 Å². The molecule has 1 saturated heterocycles. The predicted octanol–water partition coefficient (Wildman–Crippen LogP) is 2.63. The summed E-state index contributed by atoms with van der Waals surface area (Å²) >= 11 is 0. The van der Waals surface area contributed by atoms with E-state index in [-0.39, 0.29) is 11.0 Å². The topological polar surface area (TPSA) is 68.7 Å². The van der Waals surface area contributed by atoms with Crippen LogP contribution in [0.3, 0.4) is 0 Å². The lowest BCUT2D eigenvalue weighted by Gasteiger charge is -2.19. The van der Waals surface area contributed by atoms with Crippen LogP contribution in [0.1, 0.15) is 18.9 Å². The minimum atomic E-state index is -3.62. The molecule has 1 aliphatic rings. The fraction of sp³-hybridized carbons (Fsp3) is 0.389. The van der Waals surface area contributed by atoms with E-state index < -0.39 is 10.0 Å². The Morgan fingerprint density at radius 3 is 2.76 bits per heavy atom. The SMILES string of the molecule is CCOc1ccccc1S(=O)(=O)N1CCC(Oc2ccc(C)cn2)C1. The molecule has 1 fully saturated rings. The zero-order valence-electron chi connectivity index (χ0n) is 14.4. The second-order valence-corrected chi connectivity index (χ2v) is 7.85. The van der Waals surface area contributed by atoms with Crippen LogP contribution < -0.4 is 9.47 Å². The van der Waals surface area contributed by atoms with Gasteiger partial charge < -0.3 is 9.47 Å². The molecule has 0 saturated carbocycles. The number of ether oxygens (including phenoxy) is 2. The van der Waals surface area contributed by atoms with Crippen molar-refractivity contribution in [1.82, 2.24) is 9.29 Å². The normalized spacial score (nSPS) is 18.2. The molecule has 0 spiro atoms. The second kappa shape index (κ2) is 7.41. The molecule has 1 aliphatic heterocycles. The largest absolute Gasteiger partial charge is 0.492 e. The highest BCUT2D eigenvalue weighted by Crippen LogP contribution is 2.29. The molecule has 6 nitrogen and oxygen atoms in total. The summed E-state index contributed by atoms with van der Waals surface area (Å²) in [6.45, 7) is 4.92. The van der Waals surface area contributed by atoms with Gasteiger partial charge in [0, 0.05) is 18.8 Å². The minimum Gasteiger partial charge on any atom is -0.492 e. The van der Waals surface area contributed by atoms with Crippen molar-refractivity contribution in [3.63, 3.8) is 0 Å². The van der Waals surface area contributed by atoms with E-state index in [1.165, 1.54) is 4.31 Å². The Morgan fingerprint density at radius 2 is 2.04 bits per heavy atom. The van der Waals surface area contributed by atoms with Crippen molar-refractivity contribution in [2.45, 2.75) is 31.3 Å². The van der Waals surface area contributed by atoms with Crippen LogP contribution in [0.15, 0.2) is 47.5 Å². The highest BCUT2D eigenvalue weighted by Gasteiger charge is 2.35. The van der Waals surface area contributed by atoms with Crippen LogP contribution in [-0.2, 0) is 10.0 Å². The fourth-order valence-electron chi connectivity index (χ4n) is 2.78. The first-order valence-electron chi connectivity index (χ1n) is 8.32. The molecular weight excluding hydrogens is 340 g/mol. The van der Waals surface area contributed by atoms with Gasteiger partial charge in [-0.05, 0) is 38.0 Å². The van der Waals surface area contributed by atoms with Crippen molar-refractivity contribution < 1.29 is 17.9 Å². The van der Waals surface area contributed by atoms with Crippen LogP contribution >= 0.6 is 0 Å². The lowest BCUT2D eigenvalue weighted by molar-refractivity contribution is 0.207. The molecule has 2 heterocycles. The number of sulfonamides is 1. The third kappa shape index (κ3) is 3.93. The minimum absolute atomic E-state index is 0.200. The predicted molar refractivity (Wildman–Crippen MR) is 94.4 cm³/mol. The molecule has 3 rings (SSSR count). The van der Waals surface area contributed by atoms with E-state index in [1.54, 1.807) is 36.5 Å². The van der Waals surface area contributed by atoms with Crippen LogP contribution in [0.25, 0.3) is 0 Å². The van der Waals surface area contributed by atoms with Crippen LogP contribution in [0, 0.1) is 6.92 Å². The fourth-order valence-corrected chi connectivity index (χ4v) is 4.40. The molecule has 1 atom stereocenters. The van der Waals surface area contributed by atoms with Gasteiger partial charge in [0.1, 0.15) is 16.7 Å². The molecule has 1 aromatic heterocycles. The number of aryl methyl sites for hydroxylation is 1. The van der Waals surface area contributed by atoms with Crippen molar-refractivity contribution in [1.29, 1.82) is 0 Å². The Kier molecular flexibility index (Phi) is 5.24. The van der Waals surface area contributed by atoms with Gasteiger partial charge in [-0.1, -0.05) is 18.2 Å². The van der Waals surface area contributed by atoms with Crippen molar-refractivity contribution in [3.05, 3.63) is 48.2 Å². The maximum absolute atomic E-state index is 12.9. The zero-order chi connectivity index (χ0) is 17.9. The first kappa shape index (κ1) is 17.7. The van der Waals surface area contributed by atoms with Crippen LogP contribution in [0.5, 0.6) is 11.6 Å². The maximum Gasteiger partial charge on any atom is 0.246 e. The summed E-state index contributed by atoms with van der Waals surface area (Å²) in [5, 5.41) is 0. The average Bonchev–Trinajstić information content (AvgIpc) is 3.07. The number of rotatable bonds is 6. The van der Waals surface area contributed by atoms with E-state index in [0.29, 0.717) is 37.7 Å². The van der Waals surface area contributed by atoms with Gasteiger partial charge in [-0.25, -0.2) is 13.4 Å². The van der Waals surface area contributed by atoms with Crippen molar-refractivity contribution in [3.8, 4) is 11.6 Å². The van der Waals surface area contributed by atoms with Gasteiger partial charge in [-0.2, -0.15) is 4.31 Å². The number of para-hydroxylation sites is 1. The molecule has 2 aromatic rings. The molecule has 1 unspecified atom stereocenters. The Labute approximate surface area is 148 Å². The van der Waals surface area contributed by atoms with Gasteiger partial charge >= 0.3 is 0 Å². The van der Waals surface area contributed by atoms with E-state index in [2.05, 4.69) is 4.98 Å². The molecular formula is C18H22N2O4S. The van der Waals surface area contributed by atoms with E-state index in [4.69, 9.17) is 9.47 Å². The van der Waals surface area contributed by atoms with Gasteiger partial charge in [-0.3, -0.25) is 0 Å². The van der Waals surface area contributed by atoms with Crippen LogP contribution in [-0.4, -0.2) is 43.5 Å². The van der Waals surface area contributed by atoms with Gasteiger partial charge in [0.15, 0.2) is 0 Å². The number of hydrogen-bond donors (Lipinski definition) is 0. The summed E-state index contributed by atoms with van der Waals surface area (Å²) in [6.07, 6.45) is 2.16. The standard InChI is InChI=1S/C18H22N2O4S/c1-3-23-16-6-4-5-7-17(16)25(21,22)20-11-10-15(13-20)24-18-9-8-14(2)12-19-18/h4-9,12,15H,3,10-11,13H2,1-2H3. The van der Waals surface area contributed by atoms with Crippen molar-refractivity contribution >= 4 is 10.0 Å². The Balaban J connectivity index is 1.73. The summed E-state index contributed by atoms with van der Waals surface area (Å²) < 4.78 is 38.6. The summed E-state index contributed by atoms with van der Waals surface area (Å²) in [7, 11) is -3.62. The molecule has 0 amide bonds. The first-order valence-corrected chi connectivity index (χ1v) is 9.76. The number of nitrogens with zero attached hydrogens (tertiary/aromatic N) is 2. The van der Waals surface area contributed by atoms with E-state index in [9.17, 15) is 8.42 Å². The van der Waals surface area contributed by atoms with Gasteiger partial charge in [0.2, 0.25) is 15.9 Å². The Bertz CT molecular complexity index is 821. The highest BCUT2D eigenvalue weighted by atomic mass is 32.2. The summed E-state index contributed by atoms with van der Waals surface area (Å²) in [6, 6.07) is 10.5. The number of aromatic nitrogens is 1. The summed E-state index contributed by atoms with van der Waals surface area (Å²) in [5.74, 6) is 0.902. The lowest BCUT2D eigenvalue weighted by atomic mass is 10.3. The first-order chi connectivity index (χ1) is 12.0. The van der Waals surface area contributed by atoms with Crippen LogP contribution in [0.2, 0.25) is 0 Å². The molecule has 25 heavy (non-hydrogen) atoms. The summed E-state index contributed by atoms with van der Waals surface area (Å²) in [5.41, 5.74) is 1.05. The Morgan fingerprint density at radius 1 is 1.24 bits per heavy atom. The van der Waals surface area contributed by atoms with E-state index in [1.807, 2.05) is 19.9 Å². The second-order valence-electron chi connectivity index (χ2n) is 5.95. The molecule has 134 valence electrons. The number of pyridine rings is 1. The third-order valence-electron chi connectivity index (χ3n) is 4.05. The van der Waals surface area contributed by atoms with Crippen molar-refractivity contribution in [2.24, 2.45) is 0 Å².